The second-order valence-electron chi connectivity index (χ2n) is 7.78. The topological polar surface area (TPSA) is 61.8 Å². The first-order valence-corrected chi connectivity index (χ1v) is 11.7. The van der Waals surface area contributed by atoms with E-state index < -0.39 is 0 Å². The summed E-state index contributed by atoms with van der Waals surface area (Å²) in [5, 5.41) is 2.91. The summed E-state index contributed by atoms with van der Waals surface area (Å²) in [6.07, 6.45) is 2.12. The second-order valence-corrected chi connectivity index (χ2v) is 8.66. The summed E-state index contributed by atoms with van der Waals surface area (Å²) in [5.41, 5.74) is 6.02. The molecule has 2 amide bonds. The molecule has 0 saturated heterocycles. The van der Waals surface area contributed by atoms with Crippen LogP contribution < -0.4 is 10.2 Å². The molecule has 0 saturated carbocycles. The summed E-state index contributed by atoms with van der Waals surface area (Å²) in [6.45, 7) is 4.04. The number of carbonyl (C=O) groups is 2. The van der Waals surface area contributed by atoms with Gasteiger partial charge in [0.2, 0.25) is 11.8 Å². The molecule has 3 aromatic carbocycles. The van der Waals surface area contributed by atoms with E-state index in [2.05, 4.69) is 25.2 Å². The Bertz CT molecular complexity index is 1220. The van der Waals surface area contributed by atoms with Gasteiger partial charge in [0.25, 0.3) is 0 Å². The number of carbonyl (C=O) groups excluding carboxylic acids is 2. The Balaban J connectivity index is 1.60. The highest BCUT2D eigenvalue weighted by Gasteiger charge is 2.26. The van der Waals surface area contributed by atoms with Crippen molar-refractivity contribution in [3.63, 3.8) is 0 Å². The van der Waals surface area contributed by atoms with Crippen molar-refractivity contribution in [1.29, 1.82) is 0 Å². The summed E-state index contributed by atoms with van der Waals surface area (Å²) >= 11 is 1.61. The number of anilines is 2. The average molecular weight is 444 g/mol. The van der Waals surface area contributed by atoms with Gasteiger partial charge in [0, 0.05) is 10.6 Å². The smallest absolute Gasteiger partial charge is 0.244 e. The van der Waals surface area contributed by atoms with Crippen molar-refractivity contribution in [1.82, 2.24) is 0 Å². The predicted octanol–water partition coefficient (Wildman–Crippen LogP) is 5.52. The van der Waals surface area contributed by atoms with Crippen LogP contribution in [0.15, 0.2) is 76.6 Å². The van der Waals surface area contributed by atoms with E-state index >= 15 is 0 Å². The number of para-hydroxylation sites is 2. The van der Waals surface area contributed by atoms with Crippen molar-refractivity contribution in [3.05, 3.63) is 83.4 Å². The molecule has 0 aromatic heterocycles. The second kappa shape index (κ2) is 9.40. The minimum absolute atomic E-state index is 0.0743. The van der Waals surface area contributed by atoms with Gasteiger partial charge in [0.05, 0.1) is 23.5 Å². The monoisotopic (exact) mass is 443 g/mol. The molecular formula is C26H25N3O2S. The number of benzene rings is 3. The molecule has 1 N–H and O–H groups in total. The molecule has 0 bridgehead atoms. The lowest BCUT2D eigenvalue weighted by atomic mass is 10.0. The summed E-state index contributed by atoms with van der Waals surface area (Å²) in [7, 11) is 0. The largest absolute Gasteiger partial charge is 0.324 e. The standard InChI is InChI=1S/C26H25N3O2S/c1-17-11-12-19(13-18(17)2)23-15-26(31)29(24-10-5-4-9-22(24)28-23)16-25(30)27-20-7-6-8-21(14-20)32-3/h4-14H,15-16H2,1-3H3,(H,27,30). The van der Waals surface area contributed by atoms with Crippen LogP contribution in [0, 0.1) is 13.8 Å². The lowest BCUT2D eigenvalue weighted by Gasteiger charge is -2.22. The highest BCUT2D eigenvalue weighted by Crippen LogP contribution is 2.33. The van der Waals surface area contributed by atoms with Crippen LogP contribution >= 0.6 is 11.8 Å². The molecule has 1 aliphatic heterocycles. The Morgan fingerprint density at radius 3 is 2.62 bits per heavy atom. The van der Waals surface area contributed by atoms with Gasteiger partial charge in [-0.1, -0.05) is 30.3 Å². The van der Waals surface area contributed by atoms with Crippen LogP contribution in [0.1, 0.15) is 23.1 Å². The maximum absolute atomic E-state index is 13.3. The molecule has 0 fully saturated rings. The quantitative estimate of drug-likeness (QED) is 0.528. The Labute approximate surface area is 192 Å². The normalized spacial score (nSPS) is 13.3. The van der Waals surface area contributed by atoms with Gasteiger partial charge >= 0.3 is 0 Å². The van der Waals surface area contributed by atoms with E-state index in [-0.39, 0.29) is 24.8 Å². The number of thioether (sulfide) groups is 1. The van der Waals surface area contributed by atoms with E-state index in [0.29, 0.717) is 22.8 Å². The molecule has 4 rings (SSSR count). The first kappa shape index (κ1) is 21.8. The molecule has 6 heteroatoms. The van der Waals surface area contributed by atoms with Gasteiger partial charge in [0.15, 0.2) is 0 Å². The summed E-state index contributed by atoms with van der Waals surface area (Å²) in [4.78, 5) is 33.5. The van der Waals surface area contributed by atoms with Crippen molar-refractivity contribution < 1.29 is 9.59 Å². The molecule has 0 spiro atoms. The van der Waals surface area contributed by atoms with Crippen molar-refractivity contribution in [2.24, 2.45) is 4.99 Å². The van der Waals surface area contributed by atoms with Crippen LogP contribution in [-0.2, 0) is 9.59 Å². The highest BCUT2D eigenvalue weighted by atomic mass is 32.2. The summed E-state index contributed by atoms with van der Waals surface area (Å²) in [5.74, 6) is -0.402. The van der Waals surface area contributed by atoms with Crippen molar-refractivity contribution in [2.45, 2.75) is 25.2 Å². The van der Waals surface area contributed by atoms with E-state index in [4.69, 9.17) is 4.99 Å². The minimum atomic E-state index is -0.249. The van der Waals surface area contributed by atoms with Crippen LogP contribution in [0.5, 0.6) is 0 Å². The number of hydrogen-bond donors (Lipinski definition) is 1. The molecule has 1 heterocycles. The SMILES string of the molecule is CSc1cccc(NC(=O)CN2C(=O)CC(c3ccc(C)c(C)c3)=Nc3ccccc32)c1. The highest BCUT2D eigenvalue weighted by molar-refractivity contribution is 7.98. The Hall–Kier alpha value is -3.38. The van der Waals surface area contributed by atoms with Gasteiger partial charge in [-0.2, -0.15) is 0 Å². The molecule has 0 atom stereocenters. The maximum atomic E-state index is 13.3. The van der Waals surface area contributed by atoms with E-state index in [1.54, 1.807) is 11.8 Å². The van der Waals surface area contributed by atoms with Gasteiger partial charge in [-0.05, 0) is 73.2 Å². The average Bonchev–Trinajstić information content (AvgIpc) is 2.92. The fourth-order valence-corrected chi connectivity index (χ4v) is 4.11. The van der Waals surface area contributed by atoms with E-state index in [1.807, 2.05) is 66.9 Å². The Morgan fingerprint density at radius 2 is 1.84 bits per heavy atom. The van der Waals surface area contributed by atoms with E-state index in [0.717, 1.165) is 16.0 Å². The van der Waals surface area contributed by atoms with Gasteiger partial charge in [0.1, 0.15) is 6.54 Å². The van der Waals surface area contributed by atoms with E-state index in [1.165, 1.54) is 10.5 Å². The third-order valence-electron chi connectivity index (χ3n) is 5.54. The lowest BCUT2D eigenvalue weighted by molar-refractivity contribution is -0.120. The minimum Gasteiger partial charge on any atom is -0.324 e. The maximum Gasteiger partial charge on any atom is 0.244 e. The van der Waals surface area contributed by atoms with Gasteiger partial charge in [-0.25, -0.2) is 0 Å². The van der Waals surface area contributed by atoms with Gasteiger partial charge in [-0.3, -0.25) is 14.6 Å². The number of hydrogen-bond acceptors (Lipinski definition) is 4. The molecule has 162 valence electrons. The Kier molecular flexibility index (Phi) is 6.42. The predicted molar refractivity (Wildman–Crippen MR) is 132 cm³/mol. The molecule has 5 nitrogen and oxygen atoms in total. The molecule has 1 aliphatic rings. The number of amides is 2. The summed E-state index contributed by atoms with van der Waals surface area (Å²) in [6, 6.07) is 21.2. The van der Waals surface area contributed by atoms with Crippen molar-refractivity contribution >= 4 is 46.4 Å². The fraction of sp³-hybridized carbons (Fsp3) is 0.192. The lowest BCUT2D eigenvalue weighted by Crippen LogP contribution is -2.38. The molecule has 3 aromatic rings. The van der Waals surface area contributed by atoms with Crippen LogP contribution in [0.2, 0.25) is 0 Å². The number of nitrogens with zero attached hydrogens (tertiary/aromatic N) is 2. The number of aliphatic imine (C=N–C) groups is 1. The third kappa shape index (κ3) is 4.75. The molecule has 32 heavy (non-hydrogen) atoms. The van der Waals surface area contributed by atoms with Gasteiger partial charge in [-0.15, -0.1) is 11.8 Å². The zero-order chi connectivity index (χ0) is 22.7. The third-order valence-corrected chi connectivity index (χ3v) is 6.27. The van der Waals surface area contributed by atoms with E-state index in [9.17, 15) is 9.59 Å². The van der Waals surface area contributed by atoms with Crippen LogP contribution in [0.25, 0.3) is 0 Å². The fourth-order valence-electron chi connectivity index (χ4n) is 3.65. The number of aryl methyl sites for hydroxylation is 2. The molecule has 0 radical (unpaired) electrons. The first-order valence-electron chi connectivity index (χ1n) is 10.4. The number of nitrogens with one attached hydrogen (secondary N) is 1. The van der Waals surface area contributed by atoms with Gasteiger partial charge < -0.3 is 10.2 Å². The number of rotatable bonds is 5. The zero-order valence-corrected chi connectivity index (χ0v) is 19.2. The van der Waals surface area contributed by atoms with Crippen LogP contribution in [-0.4, -0.2) is 30.3 Å². The molecule has 0 aliphatic carbocycles. The van der Waals surface area contributed by atoms with Crippen molar-refractivity contribution in [3.8, 4) is 0 Å². The van der Waals surface area contributed by atoms with Crippen LogP contribution in [0.3, 0.4) is 0 Å². The molecule has 0 unspecified atom stereocenters. The van der Waals surface area contributed by atoms with Crippen molar-refractivity contribution in [2.75, 3.05) is 23.0 Å². The zero-order valence-electron chi connectivity index (χ0n) is 18.4. The Morgan fingerprint density at radius 1 is 1.03 bits per heavy atom. The number of fused-ring (bicyclic) bond motifs is 1. The summed E-state index contributed by atoms with van der Waals surface area (Å²) < 4.78 is 0. The van der Waals surface area contributed by atoms with Crippen LogP contribution in [0.4, 0.5) is 17.1 Å². The first-order chi connectivity index (χ1) is 15.4. The molecular weight excluding hydrogens is 418 g/mol.